The first kappa shape index (κ1) is 14.4. The average molecular weight is 302 g/mol. The van der Waals surface area contributed by atoms with E-state index in [0.29, 0.717) is 10.7 Å². The van der Waals surface area contributed by atoms with Crippen molar-refractivity contribution in [1.82, 2.24) is 14.8 Å². The van der Waals surface area contributed by atoms with Crippen molar-refractivity contribution in [3.8, 4) is 5.82 Å². The Morgan fingerprint density at radius 2 is 2.00 bits per heavy atom. The number of aromatic nitrogens is 3. The molecular weight excluding hydrogens is 297 g/mol. The number of pyridine rings is 1. The highest BCUT2D eigenvalue weighted by atomic mass is 19.4. The predicted molar refractivity (Wildman–Crippen MR) is 60.0 cm³/mol. The number of nitro groups is 1. The van der Waals surface area contributed by atoms with Crippen LogP contribution in [0.25, 0.3) is 5.82 Å². The van der Waals surface area contributed by atoms with E-state index < -0.39 is 40.0 Å². The molecule has 2 heterocycles. The van der Waals surface area contributed by atoms with Crippen LogP contribution >= 0.6 is 0 Å². The second-order valence-electron chi connectivity index (χ2n) is 3.74. The molecule has 0 saturated heterocycles. The quantitative estimate of drug-likeness (QED) is 0.684. The molecule has 8 nitrogen and oxygen atoms in total. The summed E-state index contributed by atoms with van der Waals surface area (Å²) in [5.41, 5.74) is -2.50. The van der Waals surface area contributed by atoms with Crippen LogP contribution < -0.4 is 0 Å². The number of hydrogen-bond acceptors (Lipinski definition) is 5. The van der Waals surface area contributed by atoms with E-state index >= 15 is 0 Å². The lowest BCUT2D eigenvalue weighted by Crippen LogP contribution is -2.11. The van der Waals surface area contributed by atoms with Crippen LogP contribution in [0.2, 0.25) is 0 Å². The van der Waals surface area contributed by atoms with E-state index in [1.807, 2.05) is 0 Å². The molecule has 0 atom stereocenters. The Bertz CT molecular complexity index is 725. The zero-order valence-electron chi connectivity index (χ0n) is 9.90. The van der Waals surface area contributed by atoms with Gasteiger partial charge in [-0.1, -0.05) is 0 Å². The van der Waals surface area contributed by atoms with Gasteiger partial charge in [0.25, 0.3) is 0 Å². The van der Waals surface area contributed by atoms with Gasteiger partial charge in [0.1, 0.15) is 0 Å². The standard InChI is InChI=1S/C10H5F3N4O4/c11-10(12,13)7-3-4-16(15-7)8-6(17(20)21)2-1-5(14-8)9(18)19/h1-4H,(H,18,19). The Balaban J connectivity index is 2.60. The number of alkyl halides is 3. The molecule has 0 fully saturated rings. The topological polar surface area (TPSA) is 111 Å². The van der Waals surface area contributed by atoms with Gasteiger partial charge in [-0.15, -0.1) is 0 Å². The Morgan fingerprint density at radius 3 is 2.48 bits per heavy atom. The third-order valence-electron chi connectivity index (χ3n) is 2.37. The molecular formula is C10H5F3N4O4. The van der Waals surface area contributed by atoms with Crippen LogP contribution in [-0.4, -0.2) is 30.8 Å². The van der Waals surface area contributed by atoms with E-state index in [0.717, 1.165) is 18.3 Å². The molecule has 21 heavy (non-hydrogen) atoms. The summed E-state index contributed by atoms with van der Waals surface area (Å²) in [6.45, 7) is 0. The van der Waals surface area contributed by atoms with Crippen molar-refractivity contribution in [3.63, 3.8) is 0 Å². The minimum atomic E-state index is -4.73. The molecule has 0 aliphatic rings. The van der Waals surface area contributed by atoms with Crippen LogP contribution in [-0.2, 0) is 6.18 Å². The maximum Gasteiger partial charge on any atom is 0.435 e. The van der Waals surface area contributed by atoms with Gasteiger partial charge in [0.05, 0.1) is 4.92 Å². The maximum atomic E-state index is 12.5. The second-order valence-corrected chi connectivity index (χ2v) is 3.74. The number of carbonyl (C=O) groups is 1. The Labute approximate surface area is 113 Å². The molecule has 0 aliphatic heterocycles. The number of carboxylic acids is 1. The molecule has 2 rings (SSSR count). The van der Waals surface area contributed by atoms with Gasteiger partial charge in [-0.2, -0.15) is 18.3 Å². The normalized spacial score (nSPS) is 11.4. The smallest absolute Gasteiger partial charge is 0.435 e. The minimum Gasteiger partial charge on any atom is -0.477 e. The Hall–Kier alpha value is -2.98. The summed E-state index contributed by atoms with van der Waals surface area (Å²) < 4.78 is 37.9. The number of aromatic carboxylic acids is 1. The Kier molecular flexibility index (Phi) is 3.33. The summed E-state index contributed by atoms with van der Waals surface area (Å²) in [6.07, 6.45) is -3.92. The largest absolute Gasteiger partial charge is 0.477 e. The molecule has 0 radical (unpaired) electrons. The van der Waals surface area contributed by atoms with Crippen molar-refractivity contribution in [1.29, 1.82) is 0 Å². The summed E-state index contributed by atoms with van der Waals surface area (Å²) in [5, 5.41) is 22.7. The number of hydrogen-bond donors (Lipinski definition) is 1. The van der Waals surface area contributed by atoms with E-state index in [1.165, 1.54) is 0 Å². The van der Waals surface area contributed by atoms with E-state index in [1.54, 1.807) is 0 Å². The Morgan fingerprint density at radius 1 is 1.33 bits per heavy atom. The van der Waals surface area contributed by atoms with E-state index in [9.17, 15) is 28.1 Å². The molecule has 0 aromatic carbocycles. The third-order valence-corrected chi connectivity index (χ3v) is 2.37. The summed E-state index contributed by atoms with van der Waals surface area (Å²) in [7, 11) is 0. The van der Waals surface area contributed by atoms with Crippen molar-refractivity contribution < 1.29 is 28.0 Å². The van der Waals surface area contributed by atoms with Crippen molar-refractivity contribution in [3.05, 3.63) is 45.9 Å². The highest BCUT2D eigenvalue weighted by Crippen LogP contribution is 2.29. The van der Waals surface area contributed by atoms with E-state index in [2.05, 4.69) is 10.1 Å². The van der Waals surface area contributed by atoms with Gasteiger partial charge in [0.15, 0.2) is 11.4 Å². The summed E-state index contributed by atoms with van der Waals surface area (Å²) in [4.78, 5) is 24.2. The first-order valence-corrected chi connectivity index (χ1v) is 5.22. The number of rotatable bonds is 3. The summed E-state index contributed by atoms with van der Waals surface area (Å²) in [5.74, 6) is -2.09. The summed E-state index contributed by atoms with van der Waals surface area (Å²) in [6, 6.07) is 2.30. The average Bonchev–Trinajstić information content (AvgIpc) is 2.87. The fourth-order valence-corrected chi connectivity index (χ4v) is 1.46. The lowest BCUT2D eigenvalue weighted by atomic mass is 10.3. The van der Waals surface area contributed by atoms with Crippen LogP contribution in [0.1, 0.15) is 16.2 Å². The maximum absolute atomic E-state index is 12.5. The molecule has 0 aliphatic carbocycles. The van der Waals surface area contributed by atoms with Crippen molar-refractivity contribution in [2.75, 3.05) is 0 Å². The zero-order chi connectivity index (χ0) is 15.8. The first-order valence-electron chi connectivity index (χ1n) is 5.22. The summed E-state index contributed by atoms with van der Waals surface area (Å²) >= 11 is 0. The molecule has 1 N–H and O–H groups in total. The third kappa shape index (κ3) is 2.80. The molecule has 110 valence electrons. The predicted octanol–water partition coefficient (Wildman–Crippen LogP) is 1.89. The van der Waals surface area contributed by atoms with Crippen LogP contribution in [0.5, 0.6) is 0 Å². The van der Waals surface area contributed by atoms with Crippen molar-refractivity contribution in [2.24, 2.45) is 0 Å². The van der Waals surface area contributed by atoms with Crippen LogP contribution in [0.3, 0.4) is 0 Å². The number of carboxylic acid groups (broad SMARTS) is 1. The first-order chi connectivity index (χ1) is 9.70. The molecule has 2 aromatic heterocycles. The van der Waals surface area contributed by atoms with E-state index in [-0.39, 0.29) is 0 Å². The van der Waals surface area contributed by atoms with Gasteiger partial charge in [-0.3, -0.25) is 10.1 Å². The van der Waals surface area contributed by atoms with E-state index in [4.69, 9.17) is 5.11 Å². The highest BCUT2D eigenvalue weighted by Gasteiger charge is 2.34. The zero-order valence-corrected chi connectivity index (χ0v) is 9.90. The van der Waals surface area contributed by atoms with Crippen LogP contribution in [0.4, 0.5) is 18.9 Å². The minimum absolute atomic E-state index is 0.507. The van der Waals surface area contributed by atoms with Gasteiger partial charge in [0.2, 0.25) is 5.82 Å². The molecule has 0 bridgehead atoms. The molecule has 2 aromatic rings. The van der Waals surface area contributed by atoms with Crippen LogP contribution in [0, 0.1) is 10.1 Å². The van der Waals surface area contributed by atoms with Crippen molar-refractivity contribution in [2.45, 2.75) is 6.18 Å². The lowest BCUT2D eigenvalue weighted by Gasteiger charge is -2.04. The second kappa shape index (κ2) is 4.85. The molecule has 0 amide bonds. The molecule has 0 spiro atoms. The van der Waals surface area contributed by atoms with Gasteiger partial charge >= 0.3 is 17.8 Å². The molecule has 11 heteroatoms. The fourth-order valence-electron chi connectivity index (χ4n) is 1.46. The lowest BCUT2D eigenvalue weighted by molar-refractivity contribution is -0.384. The number of nitrogens with zero attached hydrogens (tertiary/aromatic N) is 4. The molecule has 0 saturated carbocycles. The van der Waals surface area contributed by atoms with Gasteiger partial charge in [-0.25, -0.2) is 14.5 Å². The van der Waals surface area contributed by atoms with Crippen molar-refractivity contribution >= 4 is 11.7 Å². The van der Waals surface area contributed by atoms with Gasteiger partial charge < -0.3 is 5.11 Å². The highest BCUT2D eigenvalue weighted by molar-refractivity contribution is 5.86. The van der Waals surface area contributed by atoms with Gasteiger partial charge in [-0.05, 0) is 12.1 Å². The number of halogens is 3. The monoisotopic (exact) mass is 302 g/mol. The van der Waals surface area contributed by atoms with Crippen LogP contribution in [0.15, 0.2) is 24.4 Å². The van der Waals surface area contributed by atoms with Gasteiger partial charge in [0, 0.05) is 12.3 Å². The SMILES string of the molecule is O=C(O)c1ccc([N+](=O)[O-])c(-n2ccc(C(F)(F)F)n2)n1. The fraction of sp³-hybridized carbons (Fsp3) is 0.100. The molecule has 0 unspecified atom stereocenters.